The number of primary amides is 1. The summed E-state index contributed by atoms with van der Waals surface area (Å²) in [5.41, 5.74) is 9.56. The summed E-state index contributed by atoms with van der Waals surface area (Å²) in [5, 5.41) is 11.2. The van der Waals surface area contributed by atoms with Crippen molar-refractivity contribution >= 4 is 22.6 Å². The molecule has 0 aromatic heterocycles. The predicted molar refractivity (Wildman–Crippen MR) is 107 cm³/mol. The Hall–Kier alpha value is -3.91. The highest BCUT2D eigenvalue weighted by molar-refractivity contribution is 6.05. The molecule has 0 saturated heterocycles. The van der Waals surface area contributed by atoms with Gasteiger partial charge in [0, 0.05) is 17.7 Å². The number of nitrogens with zero attached hydrogens (tertiary/aromatic N) is 2. The summed E-state index contributed by atoms with van der Waals surface area (Å²) in [7, 11) is 0. The minimum atomic E-state index is -0.603. The topological polar surface area (TPSA) is 87.2 Å². The third-order valence-corrected chi connectivity index (χ3v) is 5.05. The lowest BCUT2D eigenvalue weighted by molar-refractivity contribution is -0.114. The van der Waals surface area contributed by atoms with Crippen molar-refractivity contribution in [1.29, 1.82) is 5.26 Å². The fourth-order valence-corrected chi connectivity index (χ4v) is 3.57. The van der Waals surface area contributed by atoms with Crippen molar-refractivity contribution in [3.05, 3.63) is 83.4 Å². The number of rotatable bonds is 4. The molecule has 0 atom stereocenters. The van der Waals surface area contributed by atoms with E-state index in [1.54, 1.807) is 11.0 Å². The Morgan fingerprint density at radius 2 is 1.89 bits per heavy atom. The number of fused-ring (bicyclic) bond motifs is 3. The minimum Gasteiger partial charge on any atom is -0.366 e. The van der Waals surface area contributed by atoms with Gasteiger partial charge in [-0.2, -0.15) is 5.26 Å². The fraction of sp³-hybridized carbons (Fsp3) is 0.0870. The average Bonchev–Trinajstić information content (AvgIpc) is 3.03. The van der Waals surface area contributed by atoms with E-state index in [0.29, 0.717) is 17.7 Å². The zero-order valence-electron chi connectivity index (χ0n) is 15.1. The smallest absolute Gasteiger partial charge is 0.254 e. The molecule has 5 nitrogen and oxygen atoms in total. The molecule has 1 aliphatic rings. The van der Waals surface area contributed by atoms with Gasteiger partial charge in [0.05, 0.1) is 18.2 Å². The fourth-order valence-electron chi connectivity index (χ4n) is 3.57. The summed E-state index contributed by atoms with van der Waals surface area (Å²) in [6, 6.07) is 19.4. The Labute approximate surface area is 162 Å². The van der Waals surface area contributed by atoms with Crippen LogP contribution in [0.1, 0.15) is 21.5 Å². The maximum absolute atomic E-state index is 12.7. The van der Waals surface area contributed by atoms with Crippen molar-refractivity contribution in [1.82, 2.24) is 4.90 Å². The molecule has 0 aliphatic carbocycles. The number of amides is 2. The van der Waals surface area contributed by atoms with Gasteiger partial charge < -0.3 is 10.6 Å². The normalized spacial score (nSPS) is 12.7. The number of nitrogens with two attached hydrogens (primary N) is 1. The third-order valence-electron chi connectivity index (χ3n) is 5.05. The van der Waals surface area contributed by atoms with Crippen LogP contribution in [0.25, 0.3) is 21.9 Å². The van der Waals surface area contributed by atoms with E-state index in [-0.39, 0.29) is 18.0 Å². The molecule has 0 saturated carbocycles. The number of hydrogen-bond acceptors (Lipinski definition) is 3. The summed E-state index contributed by atoms with van der Waals surface area (Å²) >= 11 is 0. The summed E-state index contributed by atoms with van der Waals surface area (Å²) in [4.78, 5) is 25.6. The second-order valence-electron chi connectivity index (χ2n) is 6.85. The van der Waals surface area contributed by atoms with E-state index in [0.717, 1.165) is 27.5 Å². The first-order chi connectivity index (χ1) is 13.5. The molecule has 3 aromatic rings. The molecule has 4 rings (SSSR count). The van der Waals surface area contributed by atoms with Gasteiger partial charge in [-0.1, -0.05) is 36.9 Å². The number of nitriles is 1. The first-order valence-corrected chi connectivity index (χ1v) is 8.81. The van der Waals surface area contributed by atoms with Crippen LogP contribution in [0.4, 0.5) is 0 Å². The highest BCUT2D eigenvalue weighted by atomic mass is 16.2. The predicted octanol–water partition coefficient (Wildman–Crippen LogP) is 3.38. The Balaban J connectivity index is 1.78. The van der Waals surface area contributed by atoms with Crippen molar-refractivity contribution in [3.63, 3.8) is 0 Å². The molecule has 1 aliphatic heterocycles. The Morgan fingerprint density at radius 3 is 2.64 bits per heavy atom. The van der Waals surface area contributed by atoms with E-state index in [9.17, 15) is 9.59 Å². The van der Waals surface area contributed by atoms with Crippen LogP contribution in [0.15, 0.2) is 66.7 Å². The molecule has 2 amide bonds. The van der Waals surface area contributed by atoms with Crippen LogP contribution >= 0.6 is 0 Å². The largest absolute Gasteiger partial charge is 0.366 e. The SMILES string of the molecule is C=C(CN1Cc2c(ccc3ccc(-c4cccc(C#N)c4)cc23)C1=O)C(N)=O. The molecular formula is C23H17N3O2. The molecular weight excluding hydrogens is 350 g/mol. The molecule has 2 N–H and O–H groups in total. The highest BCUT2D eigenvalue weighted by Crippen LogP contribution is 2.33. The maximum atomic E-state index is 12.7. The van der Waals surface area contributed by atoms with E-state index in [2.05, 4.69) is 12.6 Å². The van der Waals surface area contributed by atoms with Crippen LogP contribution < -0.4 is 5.73 Å². The highest BCUT2D eigenvalue weighted by Gasteiger charge is 2.29. The molecule has 3 aromatic carbocycles. The summed E-state index contributed by atoms with van der Waals surface area (Å²) in [6.45, 7) is 4.17. The lowest BCUT2D eigenvalue weighted by Crippen LogP contribution is -2.30. The van der Waals surface area contributed by atoms with Gasteiger partial charge in [0.15, 0.2) is 0 Å². The molecule has 5 heteroatoms. The van der Waals surface area contributed by atoms with Gasteiger partial charge in [0.2, 0.25) is 5.91 Å². The van der Waals surface area contributed by atoms with E-state index < -0.39 is 5.91 Å². The summed E-state index contributed by atoms with van der Waals surface area (Å²) in [5.74, 6) is -0.732. The van der Waals surface area contributed by atoms with Crippen molar-refractivity contribution in [2.24, 2.45) is 5.73 Å². The second kappa shape index (κ2) is 6.67. The Bertz CT molecular complexity index is 1200. The number of carbonyl (C=O) groups excluding carboxylic acids is 2. The molecule has 136 valence electrons. The van der Waals surface area contributed by atoms with Crippen molar-refractivity contribution in [3.8, 4) is 17.2 Å². The van der Waals surface area contributed by atoms with Gasteiger partial charge in [0.1, 0.15) is 0 Å². The molecule has 0 unspecified atom stereocenters. The van der Waals surface area contributed by atoms with Crippen molar-refractivity contribution in [2.45, 2.75) is 6.54 Å². The summed E-state index contributed by atoms with van der Waals surface area (Å²) in [6.07, 6.45) is 0. The van der Waals surface area contributed by atoms with Crippen molar-refractivity contribution < 1.29 is 9.59 Å². The molecule has 0 spiro atoms. The van der Waals surface area contributed by atoms with Crippen LogP contribution in [0.2, 0.25) is 0 Å². The first-order valence-electron chi connectivity index (χ1n) is 8.81. The molecule has 0 fully saturated rings. The van der Waals surface area contributed by atoms with Gasteiger partial charge in [-0.25, -0.2) is 0 Å². The maximum Gasteiger partial charge on any atom is 0.254 e. The third kappa shape index (κ3) is 2.91. The van der Waals surface area contributed by atoms with Crippen molar-refractivity contribution in [2.75, 3.05) is 6.54 Å². The Morgan fingerprint density at radius 1 is 1.14 bits per heavy atom. The zero-order valence-corrected chi connectivity index (χ0v) is 15.1. The Kier molecular flexibility index (Phi) is 4.17. The van der Waals surface area contributed by atoms with E-state index in [1.807, 2.05) is 48.5 Å². The van der Waals surface area contributed by atoms with E-state index in [4.69, 9.17) is 11.0 Å². The number of benzene rings is 3. The minimum absolute atomic E-state index is 0.119. The first kappa shape index (κ1) is 17.5. The second-order valence-corrected chi connectivity index (χ2v) is 6.85. The van der Waals surface area contributed by atoms with Crippen LogP contribution in [0.5, 0.6) is 0 Å². The number of hydrogen-bond donors (Lipinski definition) is 1. The van der Waals surface area contributed by atoms with E-state index in [1.165, 1.54) is 0 Å². The molecule has 28 heavy (non-hydrogen) atoms. The quantitative estimate of drug-likeness (QED) is 0.717. The van der Waals surface area contributed by atoms with Gasteiger partial charge in [-0.3, -0.25) is 9.59 Å². The van der Waals surface area contributed by atoms with Crippen LogP contribution in [-0.2, 0) is 11.3 Å². The average molecular weight is 367 g/mol. The molecule has 0 radical (unpaired) electrons. The number of carbonyl (C=O) groups is 2. The molecule has 0 bridgehead atoms. The molecule has 1 heterocycles. The van der Waals surface area contributed by atoms with Crippen LogP contribution in [0, 0.1) is 11.3 Å². The monoisotopic (exact) mass is 367 g/mol. The summed E-state index contributed by atoms with van der Waals surface area (Å²) < 4.78 is 0. The lowest BCUT2D eigenvalue weighted by atomic mass is 9.96. The van der Waals surface area contributed by atoms with Crippen LogP contribution in [-0.4, -0.2) is 23.3 Å². The van der Waals surface area contributed by atoms with Gasteiger partial charge >= 0.3 is 0 Å². The van der Waals surface area contributed by atoms with E-state index >= 15 is 0 Å². The van der Waals surface area contributed by atoms with Gasteiger partial charge in [0.25, 0.3) is 5.91 Å². The van der Waals surface area contributed by atoms with Gasteiger partial charge in [-0.15, -0.1) is 0 Å². The standard InChI is InChI=1S/C23H17N3O2/c1-14(22(25)27)12-26-13-21-19(23(26)28)8-7-16-5-6-18(10-20(16)21)17-4-2-3-15(9-17)11-24/h2-10H,1,12-13H2,(H2,25,27). The lowest BCUT2D eigenvalue weighted by Gasteiger charge is -2.15. The van der Waals surface area contributed by atoms with Gasteiger partial charge in [-0.05, 0) is 51.7 Å². The van der Waals surface area contributed by atoms with Crippen LogP contribution in [0.3, 0.4) is 0 Å². The zero-order chi connectivity index (χ0) is 19.8.